The van der Waals surface area contributed by atoms with E-state index in [4.69, 9.17) is 9.15 Å². The molecule has 7 aromatic rings. The van der Waals surface area contributed by atoms with Crippen molar-refractivity contribution < 1.29 is 9.15 Å². The number of fused-ring (bicyclic) bond motifs is 5. The molecule has 3 nitrogen and oxygen atoms in total. The van der Waals surface area contributed by atoms with E-state index >= 15 is 0 Å². The first-order valence-electron chi connectivity index (χ1n) is 18.4. The van der Waals surface area contributed by atoms with E-state index in [0.717, 1.165) is 62.3 Å². The Balaban J connectivity index is 1.03. The van der Waals surface area contributed by atoms with E-state index in [1.165, 1.54) is 27.8 Å². The molecule has 1 aromatic heterocycles. The molecule has 2 aliphatic carbocycles. The molecule has 3 heteroatoms. The summed E-state index contributed by atoms with van der Waals surface area (Å²) >= 11 is 0. The molecule has 3 atom stereocenters. The van der Waals surface area contributed by atoms with E-state index in [2.05, 4.69) is 183 Å². The van der Waals surface area contributed by atoms with Crippen LogP contribution in [-0.4, -0.2) is 6.10 Å². The van der Waals surface area contributed by atoms with Gasteiger partial charge in [-0.15, -0.1) is 0 Å². The van der Waals surface area contributed by atoms with Crippen LogP contribution in [0.1, 0.15) is 25.8 Å². The normalized spacial score (nSPS) is 20.2. The van der Waals surface area contributed by atoms with Crippen LogP contribution in [0.15, 0.2) is 185 Å². The molecular weight excluding hydrogens is 647 g/mol. The van der Waals surface area contributed by atoms with Crippen LogP contribution in [0.25, 0.3) is 44.2 Å². The summed E-state index contributed by atoms with van der Waals surface area (Å²) < 4.78 is 13.0. The maximum Gasteiger partial charge on any atom is 0.185 e. The van der Waals surface area contributed by atoms with Crippen LogP contribution in [0.4, 0.5) is 17.1 Å². The van der Waals surface area contributed by atoms with E-state index < -0.39 is 0 Å². The smallest absolute Gasteiger partial charge is 0.185 e. The summed E-state index contributed by atoms with van der Waals surface area (Å²) in [6, 6.07) is 53.6. The van der Waals surface area contributed by atoms with Gasteiger partial charge in [0.15, 0.2) is 5.58 Å². The van der Waals surface area contributed by atoms with Gasteiger partial charge in [-0.25, -0.2) is 0 Å². The molecule has 0 bridgehead atoms. The van der Waals surface area contributed by atoms with Crippen LogP contribution < -0.4 is 4.90 Å². The first-order chi connectivity index (χ1) is 26.0. The molecule has 3 aliphatic rings. The zero-order valence-corrected chi connectivity index (χ0v) is 29.7. The molecule has 0 saturated carbocycles. The molecule has 0 N–H and O–H groups in total. The fourth-order valence-corrected chi connectivity index (χ4v) is 8.40. The second kappa shape index (κ2) is 12.3. The summed E-state index contributed by atoms with van der Waals surface area (Å²) in [6.07, 6.45) is 12.2. The van der Waals surface area contributed by atoms with Gasteiger partial charge in [-0.05, 0) is 102 Å². The second-order valence-electron chi connectivity index (χ2n) is 14.6. The molecule has 254 valence electrons. The summed E-state index contributed by atoms with van der Waals surface area (Å²) in [5.41, 5.74) is 12.9. The Kier molecular flexibility index (Phi) is 7.27. The van der Waals surface area contributed by atoms with Crippen LogP contribution in [0, 0.1) is 18.1 Å². The minimum absolute atomic E-state index is 0.0447. The fourth-order valence-electron chi connectivity index (χ4n) is 8.40. The van der Waals surface area contributed by atoms with Crippen LogP contribution in [0.2, 0.25) is 0 Å². The van der Waals surface area contributed by atoms with E-state index in [1.54, 1.807) is 0 Å². The van der Waals surface area contributed by atoms with Crippen LogP contribution in [-0.2, 0) is 10.2 Å². The third-order valence-corrected chi connectivity index (χ3v) is 11.2. The SMILES string of the molecule is CC1C=CC2=C(C1)C1=CC=CC(C)(c3ccc(N(c4ccc(-c5cccc6c5oc5c#cccc56)cc4)c4cccc(-c5ccccc5)c4)cc3)C1O2. The first-order valence-corrected chi connectivity index (χ1v) is 18.4. The molecule has 6 aromatic carbocycles. The van der Waals surface area contributed by atoms with Crippen molar-refractivity contribution in [1.82, 2.24) is 0 Å². The lowest BCUT2D eigenvalue weighted by molar-refractivity contribution is 0.123. The van der Waals surface area contributed by atoms with Crippen molar-refractivity contribution in [2.45, 2.75) is 31.8 Å². The van der Waals surface area contributed by atoms with E-state index in [-0.39, 0.29) is 11.5 Å². The zero-order valence-electron chi connectivity index (χ0n) is 29.7. The van der Waals surface area contributed by atoms with Gasteiger partial charge in [-0.3, -0.25) is 0 Å². The van der Waals surface area contributed by atoms with Crippen LogP contribution in [0.3, 0.4) is 0 Å². The van der Waals surface area contributed by atoms with Crippen molar-refractivity contribution in [3.63, 3.8) is 0 Å². The van der Waals surface area contributed by atoms with Gasteiger partial charge >= 0.3 is 0 Å². The van der Waals surface area contributed by atoms with E-state index in [1.807, 2.05) is 12.1 Å². The number of rotatable bonds is 6. The fraction of sp³-hybridized carbons (Fsp3) is 0.120. The standard InChI is InChI=1S/C50H37NO2/c1-33-20-29-47-45(31-33)44-18-10-30-50(2,49(44)53-47)37-23-27-39(28-24-37)51(40-14-8-13-36(32-40)34-11-4-3-5-12-34)38-25-21-35(22-26-38)41-16-9-17-43-42-15-6-7-19-46(42)52-48(41)43/h3-6,8-18,20-30,32-33,49H,31H2,1-2H3. The predicted molar refractivity (Wildman–Crippen MR) is 216 cm³/mol. The minimum atomic E-state index is -0.301. The molecule has 0 radical (unpaired) electrons. The van der Waals surface area contributed by atoms with Crippen LogP contribution >= 0.6 is 0 Å². The van der Waals surface area contributed by atoms with Crippen molar-refractivity contribution in [1.29, 1.82) is 0 Å². The number of benzene rings is 5. The Morgan fingerprint density at radius 2 is 1.51 bits per heavy atom. The Morgan fingerprint density at radius 1 is 0.736 bits per heavy atom. The van der Waals surface area contributed by atoms with E-state index in [0.29, 0.717) is 5.92 Å². The third-order valence-electron chi connectivity index (χ3n) is 11.2. The van der Waals surface area contributed by atoms with Gasteiger partial charge < -0.3 is 14.1 Å². The molecule has 2 heterocycles. The predicted octanol–water partition coefficient (Wildman–Crippen LogP) is 13.0. The second-order valence-corrected chi connectivity index (χ2v) is 14.6. The zero-order chi connectivity index (χ0) is 35.5. The molecule has 0 fully saturated rings. The number of furan rings is 1. The van der Waals surface area contributed by atoms with Crippen molar-refractivity contribution in [3.8, 4) is 22.3 Å². The lowest BCUT2D eigenvalue weighted by Crippen LogP contribution is -2.37. The highest BCUT2D eigenvalue weighted by atomic mass is 16.5. The van der Waals surface area contributed by atoms with Crippen molar-refractivity contribution in [2.75, 3.05) is 4.90 Å². The highest BCUT2D eigenvalue weighted by molar-refractivity contribution is 6.09. The van der Waals surface area contributed by atoms with Gasteiger partial charge in [-0.2, -0.15) is 0 Å². The number of ether oxygens (including phenoxy) is 1. The van der Waals surface area contributed by atoms with Crippen molar-refractivity contribution in [3.05, 3.63) is 198 Å². The molecule has 3 unspecified atom stereocenters. The lowest BCUT2D eigenvalue weighted by atomic mass is 9.70. The monoisotopic (exact) mass is 683 g/mol. The largest absolute Gasteiger partial charge is 0.484 e. The Morgan fingerprint density at radius 3 is 2.34 bits per heavy atom. The maximum absolute atomic E-state index is 6.70. The van der Waals surface area contributed by atoms with Crippen molar-refractivity contribution in [2.24, 2.45) is 5.92 Å². The van der Waals surface area contributed by atoms with Gasteiger partial charge in [0.25, 0.3) is 0 Å². The van der Waals surface area contributed by atoms with Gasteiger partial charge in [0.1, 0.15) is 17.4 Å². The number of anilines is 3. The molecule has 0 saturated heterocycles. The topological polar surface area (TPSA) is 25.6 Å². The number of hydrogen-bond acceptors (Lipinski definition) is 3. The number of hydrogen-bond donors (Lipinski definition) is 0. The summed E-state index contributed by atoms with van der Waals surface area (Å²) in [4.78, 5) is 2.34. The molecule has 1 aliphatic heterocycles. The average Bonchev–Trinajstić information content (AvgIpc) is 3.78. The molecule has 10 rings (SSSR count). The number of allylic oxidation sites excluding steroid dienone is 4. The van der Waals surface area contributed by atoms with Crippen molar-refractivity contribution >= 4 is 39.0 Å². The Bertz CT molecular complexity index is 2640. The van der Waals surface area contributed by atoms with Gasteiger partial charge in [0, 0.05) is 44.5 Å². The number of nitrogens with zero attached hydrogens (tertiary/aromatic N) is 1. The van der Waals surface area contributed by atoms with Gasteiger partial charge in [0.2, 0.25) is 0 Å². The quantitative estimate of drug-likeness (QED) is 0.174. The number of para-hydroxylation sites is 1. The summed E-state index contributed by atoms with van der Waals surface area (Å²) in [6.45, 7) is 4.58. The molecular formula is C50H37NO2. The Hall–Kier alpha value is -6.50. The lowest BCUT2D eigenvalue weighted by Gasteiger charge is -2.36. The summed E-state index contributed by atoms with van der Waals surface area (Å²) in [5, 5.41) is 2.14. The Labute approximate surface area is 310 Å². The molecule has 0 amide bonds. The minimum Gasteiger partial charge on any atom is -0.484 e. The maximum atomic E-state index is 6.70. The summed E-state index contributed by atoms with van der Waals surface area (Å²) in [5.74, 6) is 1.55. The van der Waals surface area contributed by atoms with Crippen LogP contribution in [0.5, 0.6) is 0 Å². The first kappa shape index (κ1) is 31.3. The highest BCUT2D eigenvalue weighted by Gasteiger charge is 2.45. The highest BCUT2D eigenvalue weighted by Crippen LogP contribution is 2.49. The van der Waals surface area contributed by atoms with Gasteiger partial charge in [0.05, 0.1) is 5.41 Å². The molecule has 0 spiro atoms. The molecule has 53 heavy (non-hydrogen) atoms. The third kappa shape index (κ3) is 5.21. The van der Waals surface area contributed by atoms with E-state index in [9.17, 15) is 0 Å². The summed E-state index contributed by atoms with van der Waals surface area (Å²) in [7, 11) is 0. The van der Waals surface area contributed by atoms with Gasteiger partial charge in [-0.1, -0.05) is 122 Å². The average molecular weight is 684 g/mol.